The van der Waals surface area contributed by atoms with Gasteiger partial charge in [-0.25, -0.2) is 17.4 Å². The second-order valence-electron chi connectivity index (χ2n) is 7.86. The first-order valence-electron chi connectivity index (χ1n) is 11.0. The lowest BCUT2D eigenvalue weighted by Gasteiger charge is -2.16. The number of rotatable bonds is 8. The number of aromatic nitrogens is 2. The van der Waals surface area contributed by atoms with Crippen molar-refractivity contribution in [3.8, 4) is 22.7 Å². The molecule has 0 atom stereocenters. The van der Waals surface area contributed by atoms with Crippen molar-refractivity contribution in [3.63, 3.8) is 0 Å². The molecule has 0 saturated heterocycles. The van der Waals surface area contributed by atoms with E-state index >= 15 is 0 Å². The Bertz CT molecular complexity index is 1380. The Kier molecular flexibility index (Phi) is 6.99. The van der Waals surface area contributed by atoms with Gasteiger partial charge in [0.05, 0.1) is 18.0 Å². The van der Waals surface area contributed by atoms with E-state index in [0.717, 1.165) is 21.2 Å². The fourth-order valence-electron chi connectivity index (χ4n) is 3.53. The Hall–Kier alpha value is -3.95. The highest BCUT2D eigenvalue weighted by atomic mass is 32.2. The van der Waals surface area contributed by atoms with Gasteiger partial charge in [-0.3, -0.25) is 4.79 Å². The van der Waals surface area contributed by atoms with Gasteiger partial charge in [0.2, 0.25) is 10.0 Å². The molecule has 35 heavy (non-hydrogen) atoms. The maximum Gasteiger partial charge on any atom is 0.276 e. The number of nitrogens with one attached hydrogen (secondary N) is 1. The molecule has 4 aromatic rings. The number of sulfonamides is 1. The number of carbonyl (C=O) groups excluding carboxylic acids is 1. The van der Waals surface area contributed by atoms with Crippen LogP contribution in [-0.4, -0.2) is 49.1 Å². The first-order chi connectivity index (χ1) is 16.8. The number of nitrogens with zero attached hydrogens (tertiary/aromatic N) is 3. The predicted octanol–water partition coefficient (Wildman–Crippen LogP) is 4.44. The van der Waals surface area contributed by atoms with Crippen molar-refractivity contribution in [2.45, 2.75) is 11.8 Å². The molecule has 0 saturated carbocycles. The Balaban J connectivity index is 1.71. The van der Waals surface area contributed by atoms with Crippen LogP contribution in [0.2, 0.25) is 0 Å². The molecule has 1 aromatic heterocycles. The van der Waals surface area contributed by atoms with Crippen molar-refractivity contribution in [3.05, 3.63) is 90.6 Å². The molecule has 0 aliphatic carbocycles. The van der Waals surface area contributed by atoms with Crippen LogP contribution in [-0.2, 0) is 10.0 Å². The summed E-state index contributed by atoms with van der Waals surface area (Å²) in [7, 11) is -0.906. The summed E-state index contributed by atoms with van der Waals surface area (Å²) in [5.41, 5.74) is 2.98. The SMILES string of the molecule is CCOc1ccc(NC(=O)c2cc(-c3ccccc3)n(-c3ccccc3)n2)cc1S(=O)(=O)N(C)C. The van der Waals surface area contributed by atoms with E-state index in [1.165, 1.54) is 26.2 Å². The van der Waals surface area contributed by atoms with Crippen LogP contribution in [0.1, 0.15) is 17.4 Å². The molecule has 1 amide bonds. The summed E-state index contributed by atoms with van der Waals surface area (Å²) in [5.74, 6) is -0.242. The fourth-order valence-corrected chi connectivity index (χ4v) is 4.58. The number of hydrogen-bond donors (Lipinski definition) is 1. The van der Waals surface area contributed by atoms with Gasteiger partial charge in [-0.05, 0) is 43.3 Å². The van der Waals surface area contributed by atoms with Crippen molar-refractivity contribution in [1.82, 2.24) is 14.1 Å². The zero-order valence-electron chi connectivity index (χ0n) is 19.7. The number of amides is 1. The van der Waals surface area contributed by atoms with Crippen LogP contribution in [0, 0.1) is 0 Å². The molecule has 0 aliphatic heterocycles. The number of carbonyl (C=O) groups is 1. The Morgan fingerprint density at radius 3 is 2.26 bits per heavy atom. The van der Waals surface area contributed by atoms with Gasteiger partial charge in [0.1, 0.15) is 10.6 Å². The van der Waals surface area contributed by atoms with E-state index in [2.05, 4.69) is 10.4 Å². The van der Waals surface area contributed by atoms with Gasteiger partial charge in [-0.1, -0.05) is 48.5 Å². The van der Waals surface area contributed by atoms with Crippen LogP contribution in [0.4, 0.5) is 5.69 Å². The second-order valence-corrected chi connectivity index (χ2v) is 9.98. The van der Waals surface area contributed by atoms with Crippen LogP contribution in [0.25, 0.3) is 16.9 Å². The molecule has 0 radical (unpaired) electrons. The van der Waals surface area contributed by atoms with Crippen LogP contribution in [0.3, 0.4) is 0 Å². The van der Waals surface area contributed by atoms with Crippen molar-refractivity contribution < 1.29 is 17.9 Å². The van der Waals surface area contributed by atoms with E-state index in [4.69, 9.17) is 4.74 Å². The zero-order valence-corrected chi connectivity index (χ0v) is 20.5. The van der Waals surface area contributed by atoms with E-state index in [9.17, 15) is 13.2 Å². The third kappa shape index (κ3) is 5.11. The molecule has 4 rings (SSSR count). The molecule has 1 heterocycles. The highest BCUT2D eigenvalue weighted by Crippen LogP contribution is 2.30. The highest BCUT2D eigenvalue weighted by Gasteiger charge is 2.24. The van der Waals surface area contributed by atoms with E-state index in [0.29, 0.717) is 12.3 Å². The summed E-state index contributed by atoms with van der Waals surface area (Å²) in [5, 5.41) is 7.32. The largest absolute Gasteiger partial charge is 0.492 e. The van der Waals surface area contributed by atoms with Crippen LogP contribution >= 0.6 is 0 Å². The van der Waals surface area contributed by atoms with Gasteiger partial charge in [0.25, 0.3) is 5.91 Å². The summed E-state index contributed by atoms with van der Waals surface area (Å²) in [4.78, 5) is 13.1. The maximum atomic E-state index is 13.2. The van der Waals surface area contributed by atoms with Crippen molar-refractivity contribution in [2.24, 2.45) is 0 Å². The molecule has 0 aliphatic rings. The third-order valence-corrected chi connectivity index (χ3v) is 7.11. The number of hydrogen-bond acceptors (Lipinski definition) is 5. The van der Waals surface area contributed by atoms with Gasteiger partial charge in [0, 0.05) is 25.3 Å². The maximum absolute atomic E-state index is 13.2. The monoisotopic (exact) mass is 490 g/mol. The second kappa shape index (κ2) is 10.1. The average Bonchev–Trinajstić information content (AvgIpc) is 3.32. The highest BCUT2D eigenvalue weighted by molar-refractivity contribution is 7.89. The van der Waals surface area contributed by atoms with Crippen LogP contribution in [0.5, 0.6) is 5.75 Å². The summed E-state index contributed by atoms with van der Waals surface area (Å²) in [6, 6.07) is 25.4. The Morgan fingerprint density at radius 2 is 1.63 bits per heavy atom. The van der Waals surface area contributed by atoms with Gasteiger partial charge < -0.3 is 10.1 Å². The molecule has 180 valence electrons. The summed E-state index contributed by atoms with van der Waals surface area (Å²) < 4.78 is 33.9. The molecular weight excluding hydrogens is 464 g/mol. The van der Waals surface area contributed by atoms with Crippen LogP contribution in [0.15, 0.2) is 89.8 Å². The van der Waals surface area contributed by atoms with Gasteiger partial charge in [0.15, 0.2) is 5.69 Å². The summed E-state index contributed by atoms with van der Waals surface area (Å²) in [6.45, 7) is 2.08. The molecule has 0 bridgehead atoms. The smallest absolute Gasteiger partial charge is 0.276 e. The Morgan fingerprint density at radius 1 is 0.971 bits per heavy atom. The van der Waals surface area contributed by atoms with E-state index in [1.54, 1.807) is 23.7 Å². The topological polar surface area (TPSA) is 93.5 Å². The lowest BCUT2D eigenvalue weighted by molar-refractivity contribution is 0.102. The summed E-state index contributed by atoms with van der Waals surface area (Å²) in [6.07, 6.45) is 0. The molecule has 8 nitrogen and oxygen atoms in total. The minimum Gasteiger partial charge on any atom is -0.492 e. The Labute approximate surface area is 204 Å². The lowest BCUT2D eigenvalue weighted by atomic mass is 10.1. The molecule has 0 spiro atoms. The molecule has 0 fully saturated rings. The standard InChI is InChI=1S/C26H26N4O4S/c1-4-34-24-16-15-20(17-25(24)35(32,33)29(2)3)27-26(31)22-18-23(19-11-7-5-8-12-19)30(28-22)21-13-9-6-10-14-21/h5-18H,4H2,1-3H3,(H,27,31). The van der Waals surface area contributed by atoms with E-state index in [-0.39, 0.29) is 16.3 Å². The van der Waals surface area contributed by atoms with Gasteiger partial charge >= 0.3 is 0 Å². The molecule has 3 aromatic carbocycles. The minimum absolute atomic E-state index is 0.0260. The fraction of sp³-hybridized carbons (Fsp3) is 0.154. The quantitative estimate of drug-likeness (QED) is 0.394. The zero-order chi connectivity index (χ0) is 25.0. The number of benzene rings is 3. The number of anilines is 1. The van der Waals surface area contributed by atoms with E-state index < -0.39 is 15.9 Å². The first kappa shape index (κ1) is 24.2. The minimum atomic E-state index is -3.79. The molecule has 0 unspecified atom stereocenters. The van der Waals surface area contributed by atoms with Crippen molar-refractivity contribution in [2.75, 3.05) is 26.0 Å². The van der Waals surface area contributed by atoms with Crippen LogP contribution < -0.4 is 10.1 Å². The first-order valence-corrected chi connectivity index (χ1v) is 12.5. The van der Waals surface area contributed by atoms with E-state index in [1.807, 2.05) is 60.7 Å². The molecule has 9 heteroatoms. The third-order valence-electron chi connectivity index (χ3n) is 5.27. The number of para-hydroxylation sites is 1. The molecule has 1 N–H and O–H groups in total. The summed E-state index contributed by atoms with van der Waals surface area (Å²) >= 11 is 0. The average molecular weight is 491 g/mol. The molecular formula is C26H26N4O4S. The normalized spacial score (nSPS) is 11.4. The lowest BCUT2D eigenvalue weighted by Crippen LogP contribution is -2.23. The van der Waals surface area contributed by atoms with Crippen molar-refractivity contribution >= 4 is 21.6 Å². The van der Waals surface area contributed by atoms with Gasteiger partial charge in [-0.2, -0.15) is 5.10 Å². The van der Waals surface area contributed by atoms with Gasteiger partial charge in [-0.15, -0.1) is 0 Å². The number of ether oxygens (including phenoxy) is 1. The predicted molar refractivity (Wildman–Crippen MR) is 135 cm³/mol. The van der Waals surface area contributed by atoms with Crippen molar-refractivity contribution in [1.29, 1.82) is 0 Å².